The van der Waals surface area contributed by atoms with Crippen LogP contribution in [0.15, 0.2) is 54.2 Å². The highest BCUT2D eigenvalue weighted by molar-refractivity contribution is 7.09. The van der Waals surface area contributed by atoms with E-state index in [1.165, 1.54) is 0 Å². The maximum absolute atomic E-state index is 12.1. The second kappa shape index (κ2) is 7.24. The van der Waals surface area contributed by atoms with Crippen molar-refractivity contribution in [2.24, 2.45) is 0 Å². The average Bonchev–Trinajstić information content (AvgIpc) is 3.19. The zero-order valence-electron chi connectivity index (χ0n) is 13.0. The third-order valence-electron chi connectivity index (χ3n) is 3.55. The van der Waals surface area contributed by atoms with Gasteiger partial charge in [0.25, 0.3) is 0 Å². The lowest BCUT2D eigenvalue weighted by molar-refractivity contribution is -0.116. The number of carbonyl (C=O) groups excluding carboxylic acids is 1. The van der Waals surface area contributed by atoms with Gasteiger partial charge in [0.05, 0.1) is 10.7 Å². The van der Waals surface area contributed by atoms with E-state index in [1.54, 1.807) is 11.3 Å². The minimum atomic E-state index is 0.0452. The summed E-state index contributed by atoms with van der Waals surface area (Å²) in [6.45, 7) is 2.85. The maximum atomic E-state index is 12.1. The Hall–Kier alpha value is -2.40. The summed E-state index contributed by atoms with van der Waals surface area (Å²) in [5, 5.41) is 6.04. The molecular formula is C18H19N3OS. The number of aryl methyl sites for hydroxylation is 2. The van der Waals surface area contributed by atoms with Gasteiger partial charge in [0, 0.05) is 42.0 Å². The number of thiazole rings is 1. The van der Waals surface area contributed by atoms with E-state index in [4.69, 9.17) is 0 Å². The van der Waals surface area contributed by atoms with Gasteiger partial charge >= 0.3 is 0 Å². The highest BCUT2D eigenvalue weighted by atomic mass is 32.1. The van der Waals surface area contributed by atoms with E-state index in [9.17, 15) is 4.79 Å². The van der Waals surface area contributed by atoms with Gasteiger partial charge in [0.1, 0.15) is 0 Å². The van der Waals surface area contributed by atoms with Gasteiger partial charge in [-0.25, -0.2) is 4.98 Å². The molecule has 0 spiro atoms. The van der Waals surface area contributed by atoms with E-state index in [0.29, 0.717) is 6.42 Å². The Morgan fingerprint density at radius 3 is 2.83 bits per heavy atom. The van der Waals surface area contributed by atoms with Gasteiger partial charge in [-0.05, 0) is 37.6 Å². The molecule has 1 aromatic carbocycles. The normalized spacial score (nSPS) is 10.7. The molecule has 0 saturated carbocycles. The van der Waals surface area contributed by atoms with Gasteiger partial charge in [-0.3, -0.25) is 4.79 Å². The van der Waals surface area contributed by atoms with E-state index in [2.05, 4.69) is 14.9 Å². The fourth-order valence-corrected chi connectivity index (χ4v) is 3.04. The van der Waals surface area contributed by atoms with Crippen LogP contribution in [0.2, 0.25) is 0 Å². The summed E-state index contributed by atoms with van der Waals surface area (Å²) in [7, 11) is 0. The number of rotatable bonds is 6. The lowest BCUT2D eigenvalue weighted by Crippen LogP contribution is -2.12. The number of carbonyl (C=O) groups is 1. The van der Waals surface area contributed by atoms with Gasteiger partial charge < -0.3 is 9.88 Å². The van der Waals surface area contributed by atoms with E-state index in [1.807, 2.05) is 61.1 Å². The lowest BCUT2D eigenvalue weighted by Gasteiger charge is -2.07. The zero-order chi connectivity index (χ0) is 16.1. The van der Waals surface area contributed by atoms with Gasteiger partial charge in [0.2, 0.25) is 5.91 Å². The Bertz CT molecular complexity index is 777. The maximum Gasteiger partial charge on any atom is 0.224 e. The van der Waals surface area contributed by atoms with Crippen molar-refractivity contribution < 1.29 is 4.79 Å². The lowest BCUT2D eigenvalue weighted by atomic mass is 10.1. The van der Waals surface area contributed by atoms with E-state index < -0.39 is 0 Å². The summed E-state index contributed by atoms with van der Waals surface area (Å²) in [5.41, 5.74) is 2.80. The Labute approximate surface area is 139 Å². The molecule has 0 aliphatic rings. The summed E-state index contributed by atoms with van der Waals surface area (Å²) >= 11 is 1.63. The van der Waals surface area contributed by atoms with Crippen molar-refractivity contribution in [1.82, 2.24) is 9.55 Å². The molecule has 3 rings (SSSR count). The summed E-state index contributed by atoms with van der Waals surface area (Å²) in [6.07, 6.45) is 5.36. The Morgan fingerprint density at radius 1 is 1.26 bits per heavy atom. The zero-order valence-corrected chi connectivity index (χ0v) is 13.8. The van der Waals surface area contributed by atoms with Crippen LogP contribution in [-0.4, -0.2) is 15.5 Å². The monoisotopic (exact) mass is 325 g/mol. The van der Waals surface area contributed by atoms with Gasteiger partial charge in [-0.15, -0.1) is 11.3 Å². The van der Waals surface area contributed by atoms with Crippen molar-refractivity contribution >= 4 is 22.9 Å². The van der Waals surface area contributed by atoms with Crippen molar-refractivity contribution in [2.45, 2.75) is 26.3 Å². The molecule has 1 N–H and O–H groups in total. The number of hydrogen-bond acceptors (Lipinski definition) is 3. The molecule has 3 aromatic rings. The second-order valence-corrected chi connectivity index (χ2v) is 6.47. The summed E-state index contributed by atoms with van der Waals surface area (Å²) in [5.74, 6) is 0.0452. The fraction of sp³-hybridized carbons (Fsp3) is 0.222. The third kappa shape index (κ3) is 4.29. The number of nitrogens with one attached hydrogen (secondary N) is 1. The first kappa shape index (κ1) is 15.5. The summed E-state index contributed by atoms with van der Waals surface area (Å²) < 4.78 is 2.08. The highest BCUT2D eigenvalue weighted by Crippen LogP contribution is 2.24. The average molecular weight is 325 g/mol. The van der Waals surface area contributed by atoms with Crippen molar-refractivity contribution in [2.75, 3.05) is 5.32 Å². The number of amides is 1. The fourth-order valence-electron chi connectivity index (χ4n) is 2.42. The number of aromatic nitrogens is 2. The van der Waals surface area contributed by atoms with Gasteiger partial charge in [-0.2, -0.15) is 0 Å². The number of nitrogens with zero attached hydrogens (tertiary/aromatic N) is 2. The van der Waals surface area contributed by atoms with Crippen molar-refractivity contribution in [3.8, 4) is 11.3 Å². The molecule has 0 aliphatic heterocycles. The first-order valence-corrected chi connectivity index (χ1v) is 8.52. The van der Waals surface area contributed by atoms with Crippen LogP contribution in [0.25, 0.3) is 11.3 Å². The molecule has 0 atom stereocenters. The molecule has 0 unspecified atom stereocenters. The first-order valence-electron chi connectivity index (χ1n) is 7.64. The van der Waals surface area contributed by atoms with Crippen LogP contribution in [0, 0.1) is 6.92 Å². The molecule has 0 bridgehead atoms. The van der Waals surface area contributed by atoms with Gasteiger partial charge in [0.15, 0.2) is 0 Å². The second-order valence-electron chi connectivity index (χ2n) is 5.41. The largest absolute Gasteiger partial charge is 0.354 e. The molecule has 2 aromatic heterocycles. The van der Waals surface area contributed by atoms with Crippen LogP contribution in [0.5, 0.6) is 0 Å². The van der Waals surface area contributed by atoms with Crippen molar-refractivity contribution in [3.05, 3.63) is 59.2 Å². The first-order chi connectivity index (χ1) is 11.2. The van der Waals surface area contributed by atoms with Crippen LogP contribution in [0.3, 0.4) is 0 Å². The SMILES string of the molecule is Cc1nc(-c2cccc(NC(=O)CCCn3cccc3)c2)cs1. The quantitative estimate of drug-likeness (QED) is 0.733. The van der Waals surface area contributed by atoms with Crippen LogP contribution in [0.1, 0.15) is 17.8 Å². The number of hydrogen-bond donors (Lipinski definition) is 1. The highest BCUT2D eigenvalue weighted by Gasteiger charge is 2.06. The molecule has 118 valence electrons. The Balaban J connectivity index is 1.56. The Morgan fingerprint density at radius 2 is 2.09 bits per heavy atom. The molecule has 0 radical (unpaired) electrons. The summed E-state index contributed by atoms with van der Waals surface area (Å²) in [4.78, 5) is 16.5. The smallest absolute Gasteiger partial charge is 0.224 e. The molecule has 2 heterocycles. The third-order valence-corrected chi connectivity index (χ3v) is 4.32. The number of anilines is 1. The minimum absolute atomic E-state index is 0.0452. The van der Waals surface area contributed by atoms with E-state index in [-0.39, 0.29) is 5.91 Å². The molecule has 5 heteroatoms. The minimum Gasteiger partial charge on any atom is -0.354 e. The topological polar surface area (TPSA) is 46.9 Å². The predicted octanol–water partition coefficient (Wildman–Crippen LogP) is 4.34. The van der Waals surface area contributed by atoms with Gasteiger partial charge in [-0.1, -0.05) is 12.1 Å². The van der Waals surface area contributed by atoms with Crippen LogP contribution >= 0.6 is 11.3 Å². The molecule has 0 aliphatic carbocycles. The predicted molar refractivity (Wildman–Crippen MR) is 94.6 cm³/mol. The standard InChI is InChI=1S/C18H19N3OS/c1-14-19-17(13-23-14)15-6-4-7-16(12-15)20-18(22)8-5-11-21-9-2-3-10-21/h2-4,6-7,9-10,12-13H,5,8,11H2,1H3,(H,20,22). The van der Waals surface area contributed by atoms with Crippen LogP contribution < -0.4 is 5.32 Å². The Kier molecular flexibility index (Phi) is 4.88. The molecule has 0 fully saturated rings. The van der Waals surface area contributed by atoms with E-state index >= 15 is 0 Å². The molecule has 4 nitrogen and oxygen atoms in total. The van der Waals surface area contributed by atoms with Crippen LogP contribution in [0.4, 0.5) is 5.69 Å². The van der Waals surface area contributed by atoms with Crippen LogP contribution in [-0.2, 0) is 11.3 Å². The number of benzene rings is 1. The summed E-state index contributed by atoms with van der Waals surface area (Å²) in [6, 6.07) is 11.8. The molecular weight excluding hydrogens is 306 g/mol. The molecule has 1 amide bonds. The molecule has 0 saturated heterocycles. The van der Waals surface area contributed by atoms with E-state index in [0.717, 1.165) is 34.9 Å². The van der Waals surface area contributed by atoms with Crippen molar-refractivity contribution in [3.63, 3.8) is 0 Å². The van der Waals surface area contributed by atoms with Crippen molar-refractivity contribution in [1.29, 1.82) is 0 Å². The molecule has 23 heavy (non-hydrogen) atoms.